The van der Waals surface area contributed by atoms with Gasteiger partial charge in [-0.25, -0.2) is 15.0 Å². The van der Waals surface area contributed by atoms with Gasteiger partial charge in [0.15, 0.2) is 11.6 Å². The predicted octanol–water partition coefficient (Wildman–Crippen LogP) is 13.5. The minimum absolute atomic E-state index is 0.144. The van der Waals surface area contributed by atoms with Crippen molar-refractivity contribution in [3.8, 4) is 45.0 Å². The number of fused-ring (bicyclic) bond motifs is 9. The van der Waals surface area contributed by atoms with Crippen molar-refractivity contribution in [2.24, 2.45) is 0 Å². The number of hydrogen-bond acceptors (Lipinski definition) is 4. The number of furan rings is 1. The summed E-state index contributed by atoms with van der Waals surface area (Å²) in [6, 6.07) is 51.7. The van der Waals surface area contributed by atoms with Gasteiger partial charge in [-0.2, -0.15) is 0 Å². The van der Waals surface area contributed by atoms with Crippen LogP contribution in [-0.4, -0.2) is 15.0 Å². The zero-order valence-corrected chi connectivity index (χ0v) is 30.0. The maximum atomic E-state index is 8.47. The van der Waals surface area contributed by atoms with Gasteiger partial charge < -0.3 is 4.42 Å². The quantitative estimate of drug-likeness (QED) is 0.161. The Morgan fingerprint density at radius 2 is 0.946 bits per heavy atom. The Morgan fingerprint density at radius 1 is 0.393 bits per heavy atom. The molecule has 9 aromatic carbocycles. The van der Waals surface area contributed by atoms with E-state index in [-0.39, 0.29) is 29.7 Å². The molecule has 262 valence electrons. The lowest BCUT2D eigenvalue weighted by Crippen LogP contribution is -2.04. The lowest BCUT2D eigenvalue weighted by Gasteiger charge is -2.12. The molecule has 0 saturated heterocycles. The highest BCUT2D eigenvalue weighted by Crippen LogP contribution is 2.39. The highest BCUT2D eigenvalue weighted by Gasteiger charge is 2.17. The molecule has 0 fully saturated rings. The van der Waals surface area contributed by atoms with Gasteiger partial charge in [0, 0.05) is 28.3 Å². The van der Waals surface area contributed by atoms with Gasteiger partial charge in [0.2, 0.25) is 0 Å². The molecule has 0 radical (unpaired) electrons. The Kier molecular flexibility index (Phi) is 6.39. The molecule has 2 heterocycles. The summed E-state index contributed by atoms with van der Waals surface area (Å²) in [4.78, 5) is 14.9. The second-order valence-corrected chi connectivity index (χ2v) is 14.0. The maximum absolute atomic E-state index is 8.47. The minimum atomic E-state index is -0.422. The molecule has 0 saturated carbocycles. The van der Waals surface area contributed by atoms with Gasteiger partial charge in [0.05, 0.1) is 6.85 Å². The van der Waals surface area contributed by atoms with E-state index in [2.05, 4.69) is 91.0 Å². The largest absolute Gasteiger partial charge is 0.456 e. The Labute approximate surface area is 330 Å². The Balaban J connectivity index is 1.01. The molecule has 0 bridgehead atoms. The van der Waals surface area contributed by atoms with Crippen LogP contribution in [0.4, 0.5) is 0 Å². The Hall–Kier alpha value is -7.43. The molecule has 0 unspecified atom stereocenters. The third-order valence-electron chi connectivity index (χ3n) is 10.7. The zero-order chi connectivity index (χ0) is 41.4. The maximum Gasteiger partial charge on any atom is 0.163 e. The molecule has 0 amide bonds. The number of nitrogens with zero attached hydrogens (tertiary/aromatic N) is 3. The summed E-state index contributed by atoms with van der Waals surface area (Å²) in [5.74, 6) is 1.56. The molecule has 11 aromatic rings. The van der Waals surface area contributed by atoms with Crippen molar-refractivity contribution in [2.45, 2.75) is 6.42 Å². The lowest BCUT2D eigenvalue weighted by molar-refractivity contribution is 0.668. The van der Waals surface area contributed by atoms with Gasteiger partial charge in [-0.3, -0.25) is 0 Å². The number of aromatic nitrogens is 3. The summed E-state index contributed by atoms with van der Waals surface area (Å²) in [5, 5.41) is 9.42. The first kappa shape index (κ1) is 27.2. The van der Waals surface area contributed by atoms with Gasteiger partial charge >= 0.3 is 0 Å². The van der Waals surface area contributed by atoms with Crippen molar-refractivity contribution in [2.75, 3.05) is 0 Å². The van der Waals surface area contributed by atoms with Crippen LogP contribution < -0.4 is 0 Å². The molecular weight excluding hydrogens is 683 g/mol. The third-order valence-corrected chi connectivity index (χ3v) is 10.7. The summed E-state index contributed by atoms with van der Waals surface area (Å²) >= 11 is 0. The van der Waals surface area contributed by atoms with Crippen LogP contribution in [0, 0.1) is 0 Å². The topological polar surface area (TPSA) is 51.8 Å². The van der Waals surface area contributed by atoms with E-state index in [1.807, 2.05) is 54.6 Å². The standard InChI is InChI=1S/C52H33N3O/c1-3-12-33(13-4-1)34-22-24-36(25-23-34)52-54-49(53-51(55-52)35-14-5-2-6-15-35)32-39-16-11-21-48-50(39)46-31-38(27-29-47(46)56-48)37-26-28-44-42-19-8-7-17-40(42)41-18-9-10-20-43(41)45(44)30-37/h1-31H,32H2/i1D,3D,4D,12D,13D. The predicted molar refractivity (Wildman–Crippen MR) is 231 cm³/mol. The molecule has 0 aliphatic carbocycles. The van der Waals surface area contributed by atoms with Gasteiger partial charge in [-0.05, 0) is 84.4 Å². The van der Waals surface area contributed by atoms with Crippen LogP contribution in [0.1, 0.15) is 18.2 Å². The molecule has 56 heavy (non-hydrogen) atoms. The highest BCUT2D eigenvalue weighted by molar-refractivity contribution is 6.25. The van der Waals surface area contributed by atoms with Crippen molar-refractivity contribution in [3.63, 3.8) is 0 Å². The summed E-state index contributed by atoms with van der Waals surface area (Å²) in [5.41, 5.74) is 6.98. The summed E-state index contributed by atoms with van der Waals surface area (Å²) in [6.07, 6.45) is 0.404. The summed E-state index contributed by atoms with van der Waals surface area (Å²) < 4.78 is 47.7. The minimum Gasteiger partial charge on any atom is -0.456 e. The van der Waals surface area contributed by atoms with Crippen LogP contribution in [0.15, 0.2) is 192 Å². The Bertz CT molecular complexity index is 3510. The average molecular weight is 721 g/mol. The molecule has 0 aliphatic rings. The highest BCUT2D eigenvalue weighted by atomic mass is 16.3. The smallest absolute Gasteiger partial charge is 0.163 e. The van der Waals surface area contributed by atoms with Crippen LogP contribution >= 0.6 is 0 Å². The fourth-order valence-electron chi connectivity index (χ4n) is 8.01. The third kappa shape index (κ3) is 5.50. The number of hydrogen-bond donors (Lipinski definition) is 0. The molecule has 4 nitrogen and oxygen atoms in total. The Morgan fingerprint density at radius 3 is 1.64 bits per heavy atom. The van der Waals surface area contributed by atoms with E-state index in [0.29, 0.717) is 35.0 Å². The second-order valence-electron chi connectivity index (χ2n) is 14.0. The van der Waals surface area contributed by atoms with Crippen LogP contribution in [-0.2, 0) is 6.42 Å². The van der Waals surface area contributed by atoms with Gasteiger partial charge in [0.1, 0.15) is 17.0 Å². The van der Waals surface area contributed by atoms with Crippen molar-refractivity contribution in [1.82, 2.24) is 15.0 Å². The fourth-order valence-corrected chi connectivity index (χ4v) is 8.01. The van der Waals surface area contributed by atoms with E-state index >= 15 is 0 Å². The molecule has 2 aromatic heterocycles. The first-order chi connectivity index (χ1) is 29.8. The van der Waals surface area contributed by atoms with E-state index in [1.165, 1.54) is 32.3 Å². The molecule has 4 heteroatoms. The van der Waals surface area contributed by atoms with Crippen LogP contribution in [0.5, 0.6) is 0 Å². The molecular formula is C52H33N3O. The van der Waals surface area contributed by atoms with E-state index < -0.39 is 6.04 Å². The first-order valence-corrected chi connectivity index (χ1v) is 18.6. The normalized spacial score (nSPS) is 12.9. The fraction of sp³-hybridized carbons (Fsp3) is 0.0192. The summed E-state index contributed by atoms with van der Waals surface area (Å²) in [7, 11) is 0. The lowest BCUT2D eigenvalue weighted by atomic mass is 9.92. The van der Waals surface area contributed by atoms with Crippen LogP contribution in [0.3, 0.4) is 0 Å². The number of rotatable bonds is 6. The number of benzene rings is 9. The molecule has 0 atom stereocenters. The second kappa shape index (κ2) is 13.2. The van der Waals surface area contributed by atoms with Crippen molar-refractivity contribution in [3.05, 3.63) is 199 Å². The van der Waals surface area contributed by atoms with E-state index in [4.69, 9.17) is 26.2 Å². The van der Waals surface area contributed by atoms with Crippen LogP contribution in [0.25, 0.3) is 99.3 Å². The first-order valence-electron chi connectivity index (χ1n) is 21.1. The molecule has 11 rings (SSSR count). The molecule has 0 N–H and O–H groups in total. The van der Waals surface area contributed by atoms with Gasteiger partial charge in [0.25, 0.3) is 0 Å². The molecule has 0 aliphatic heterocycles. The zero-order valence-electron chi connectivity index (χ0n) is 35.0. The van der Waals surface area contributed by atoms with Gasteiger partial charge in [-0.1, -0.05) is 164 Å². The van der Waals surface area contributed by atoms with E-state index in [9.17, 15) is 0 Å². The van der Waals surface area contributed by atoms with E-state index in [1.54, 1.807) is 12.1 Å². The van der Waals surface area contributed by atoms with Gasteiger partial charge in [-0.15, -0.1) is 0 Å². The van der Waals surface area contributed by atoms with E-state index in [0.717, 1.165) is 44.2 Å². The average Bonchev–Trinajstić information content (AvgIpc) is 3.69. The SMILES string of the molecule is [2H]c1c([2H])c([2H])c(-c2ccc(-c3nc(Cc4cccc5oc6ccc(-c7ccc8c9ccccc9c9ccccc9c8c7)cc6c45)nc(-c4ccccc4)n3)cc2)c([2H])c1[2H]. The van der Waals surface area contributed by atoms with Crippen molar-refractivity contribution < 1.29 is 11.3 Å². The monoisotopic (exact) mass is 720 g/mol. The van der Waals surface area contributed by atoms with Crippen LogP contribution in [0.2, 0.25) is 0 Å². The summed E-state index contributed by atoms with van der Waals surface area (Å²) in [6.45, 7) is 0. The van der Waals surface area contributed by atoms with Crippen molar-refractivity contribution in [1.29, 1.82) is 0 Å². The van der Waals surface area contributed by atoms with Crippen molar-refractivity contribution >= 4 is 54.3 Å². The molecule has 0 spiro atoms.